The van der Waals surface area contributed by atoms with Crippen LogP contribution in [0.3, 0.4) is 0 Å². The molecule has 2 aromatic carbocycles. The van der Waals surface area contributed by atoms with E-state index in [4.69, 9.17) is 4.74 Å². The normalized spacial score (nSPS) is 15.3. The molecule has 1 aliphatic heterocycles. The van der Waals surface area contributed by atoms with Gasteiger partial charge in [-0.3, -0.25) is 4.79 Å². The zero-order valence-corrected chi connectivity index (χ0v) is 16.8. The summed E-state index contributed by atoms with van der Waals surface area (Å²) < 4.78 is 5.76. The first-order valence-corrected chi connectivity index (χ1v) is 9.81. The van der Waals surface area contributed by atoms with Crippen molar-refractivity contribution < 1.29 is 9.53 Å². The number of ether oxygens (including phenoxy) is 1. The van der Waals surface area contributed by atoms with Crippen LogP contribution in [0.2, 0.25) is 0 Å². The number of aromatic nitrogens is 2. The summed E-state index contributed by atoms with van der Waals surface area (Å²) in [5, 5.41) is 11.4. The third-order valence-electron chi connectivity index (χ3n) is 4.84. The van der Waals surface area contributed by atoms with Gasteiger partial charge in [0.25, 0.3) is 5.91 Å². The van der Waals surface area contributed by atoms with Gasteiger partial charge in [0.15, 0.2) is 11.5 Å². The molecule has 148 valence electrons. The number of benzene rings is 2. The number of carbonyl (C=O) groups is 1. The maximum atomic E-state index is 12.7. The van der Waals surface area contributed by atoms with Crippen molar-refractivity contribution in [3.05, 3.63) is 71.9 Å². The number of rotatable bonds is 5. The maximum Gasteiger partial charge on any atom is 0.276 e. The van der Waals surface area contributed by atoms with Crippen LogP contribution < -0.4 is 15.0 Å². The number of fused-ring (bicyclic) bond motifs is 1. The van der Waals surface area contributed by atoms with Gasteiger partial charge >= 0.3 is 0 Å². The van der Waals surface area contributed by atoms with E-state index in [-0.39, 0.29) is 17.7 Å². The number of para-hydroxylation sites is 3. The topological polar surface area (TPSA) is 67.3 Å². The minimum Gasteiger partial charge on any atom is -0.489 e. The minimum atomic E-state index is -0.321. The number of nitrogens with zero attached hydrogens (tertiary/aromatic N) is 3. The molecule has 4 rings (SSSR count). The fourth-order valence-corrected chi connectivity index (χ4v) is 3.60. The van der Waals surface area contributed by atoms with Gasteiger partial charge in [0.1, 0.15) is 5.75 Å². The van der Waals surface area contributed by atoms with E-state index in [2.05, 4.69) is 45.5 Å². The Balaban J connectivity index is 1.53. The lowest BCUT2D eigenvalue weighted by molar-refractivity contribution is 0.102. The zero-order chi connectivity index (χ0) is 20.4. The second-order valence-electron chi connectivity index (χ2n) is 7.45. The molecule has 2 heterocycles. The molecule has 1 aromatic heterocycles. The monoisotopic (exact) mass is 388 g/mol. The van der Waals surface area contributed by atoms with Gasteiger partial charge in [0.05, 0.1) is 11.8 Å². The van der Waals surface area contributed by atoms with Crippen molar-refractivity contribution in [2.75, 3.05) is 10.2 Å². The number of anilines is 3. The third-order valence-corrected chi connectivity index (χ3v) is 4.84. The highest BCUT2D eigenvalue weighted by atomic mass is 16.5. The van der Waals surface area contributed by atoms with Crippen LogP contribution in [-0.2, 0) is 6.42 Å². The Kier molecular flexibility index (Phi) is 5.16. The highest BCUT2D eigenvalue weighted by molar-refractivity contribution is 6.03. The Hall–Kier alpha value is -3.41. The molecule has 1 amide bonds. The van der Waals surface area contributed by atoms with E-state index in [1.807, 2.05) is 44.2 Å². The van der Waals surface area contributed by atoms with Crippen LogP contribution in [0.25, 0.3) is 0 Å². The first-order valence-electron chi connectivity index (χ1n) is 9.81. The number of carbonyl (C=O) groups excluding carboxylic acids is 1. The van der Waals surface area contributed by atoms with E-state index < -0.39 is 0 Å². The summed E-state index contributed by atoms with van der Waals surface area (Å²) in [7, 11) is 0. The van der Waals surface area contributed by atoms with Crippen LogP contribution >= 0.6 is 0 Å². The SMILES string of the molecule is CC(C)Oc1ccccc1NC(=O)c1ccc(N2c3ccccc3CC2C)nn1. The fourth-order valence-electron chi connectivity index (χ4n) is 3.60. The number of hydrogen-bond donors (Lipinski definition) is 1. The summed E-state index contributed by atoms with van der Waals surface area (Å²) in [5.41, 5.74) is 3.31. The molecule has 0 saturated carbocycles. The first-order chi connectivity index (χ1) is 14.0. The van der Waals surface area contributed by atoms with E-state index >= 15 is 0 Å². The number of hydrogen-bond acceptors (Lipinski definition) is 5. The Morgan fingerprint density at radius 3 is 2.59 bits per heavy atom. The molecular weight excluding hydrogens is 364 g/mol. The molecule has 0 radical (unpaired) electrons. The summed E-state index contributed by atoms with van der Waals surface area (Å²) in [6, 6.07) is 19.5. The van der Waals surface area contributed by atoms with Gasteiger partial charge in [-0.1, -0.05) is 30.3 Å². The summed E-state index contributed by atoms with van der Waals surface area (Å²) in [6.07, 6.45) is 0.977. The van der Waals surface area contributed by atoms with Crippen molar-refractivity contribution >= 4 is 23.1 Å². The molecule has 1 N–H and O–H groups in total. The van der Waals surface area contributed by atoms with Crippen molar-refractivity contribution in [2.24, 2.45) is 0 Å². The van der Waals surface area contributed by atoms with Crippen molar-refractivity contribution in [3.8, 4) is 5.75 Å². The minimum absolute atomic E-state index is 0.0115. The van der Waals surface area contributed by atoms with Crippen LogP contribution in [0.1, 0.15) is 36.8 Å². The summed E-state index contributed by atoms with van der Waals surface area (Å²) in [6.45, 7) is 6.05. The molecule has 0 fully saturated rings. The Labute approximate surface area is 170 Å². The van der Waals surface area contributed by atoms with E-state index in [1.165, 1.54) is 5.56 Å². The quantitative estimate of drug-likeness (QED) is 0.692. The van der Waals surface area contributed by atoms with Crippen LogP contribution in [0.4, 0.5) is 17.2 Å². The van der Waals surface area contributed by atoms with Crippen molar-refractivity contribution in [1.82, 2.24) is 10.2 Å². The van der Waals surface area contributed by atoms with Crippen molar-refractivity contribution in [1.29, 1.82) is 0 Å². The smallest absolute Gasteiger partial charge is 0.276 e. The average molecular weight is 388 g/mol. The standard InChI is InChI=1S/C23H24N4O2/c1-15(2)29-21-11-7-5-9-18(21)24-23(28)19-12-13-22(26-25-19)27-16(3)14-17-8-4-6-10-20(17)27/h4-13,15-16H,14H2,1-3H3,(H,24,28). The fraction of sp³-hybridized carbons (Fsp3) is 0.261. The largest absolute Gasteiger partial charge is 0.489 e. The second-order valence-corrected chi connectivity index (χ2v) is 7.45. The van der Waals surface area contributed by atoms with Crippen LogP contribution in [0.15, 0.2) is 60.7 Å². The van der Waals surface area contributed by atoms with Gasteiger partial charge in [0, 0.05) is 11.7 Å². The van der Waals surface area contributed by atoms with E-state index in [0.29, 0.717) is 17.5 Å². The molecule has 1 unspecified atom stereocenters. The third kappa shape index (κ3) is 3.92. The Morgan fingerprint density at radius 1 is 1.07 bits per heavy atom. The highest BCUT2D eigenvalue weighted by Gasteiger charge is 2.28. The van der Waals surface area contributed by atoms with Crippen LogP contribution in [-0.4, -0.2) is 28.3 Å². The summed E-state index contributed by atoms with van der Waals surface area (Å²) in [4.78, 5) is 14.8. The molecule has 0 bridgehead atoms. The van der Waals surface area contributed by atoms with Gasteiger partial charge in [-0.25, -0.2) is 0 Å². The molecule has 0 spiro atoms. The number of amides is 1. The van der Waals surface area contributed by atoms with Gasteiger partial charge < -0.3 is 15.0 Å². The first kappa shape index (κ1) is 18.9. The molecule has 29 heavy (non-hydrogen) atoms. The summed E-state index contributed by atoms with van der Waals surface area (Å²) >= 11 is 0. The van der Waals surface area contributed by atoms with Gasteiger partial charge in [0.2, 0.25) is 0 Å². The lowest BCUT2D eigenvalue weighted by atomic mass is 10.1. The second kappa shape index (κ2) is 7.91. The Morgan fingerprint density at radius 2 is 1.83 bits per heavy atom. The van der Waals surface area contributed by atoms with E-state index in [0.717, 1.165) is 17.9 Å². The van der Waals surface area contributed by atoms with Gasteiger partial charge in [-0.2, -0.15) is 0 Å². The van der Waals surface area contributed by atoms with Crippen molar-refractivity contribution in [2.45, 2.75) is 39.3 Å². The van der Waals surface area contributed by atoms with Crippen LogP contribution in [0, 0.1) is 0 Å². The van der Waals surface area contributed by atoms with E-state index in [9.17, 15) is 4.79 Å². The van der Waals surface area contributed by atoms with Crippen LogP contribution in [0.5, 0.6) is 5.75 Å². The lowest BCUT2D eigenvalue weighted by Gasteiger charge is -2.23. The molecular formula is C23H24N4O2. The molecule has 1 aliphatic rings. The molecule has 0 saturated heterocycles. The average Bonchev–Trinajstić information content (AvgIpc) is 3.05. The van der Waals surface area contributed by atoms with Crippen molar-refractivity contribution in [3.63, 3.8) is 0 Å². The number of nitrogens with one attached hydrogen (secondary N) is 1. The lowest BCUT2D eigenvalue weighted by Crippen LogP contribution is -2.25. The highest BCUT2D eigenvalue weighted by Crippen LogP contribution is 2.36. The molecule has 0 aliphatic carbocycles. The Bertz CT molecular complexity index is 1020. The predicted molar refractivity (Wildman–Crippen MR) is 114 cm³/mol. The predicted octanol–water partition coefficient (Wildman–Crippen LogP) is 4.60. The molecule has 3 aromatic rings. The molecule has 1 atom stereocenters. The summed E-state index contributed by atoms with van der Waals surface area (Å²) in [5.74, 6) is 1.05. The van der Waals surface area contributed by atoms with E-state index in [1.54, 1.807) is 12.1 Å². The maximum absolute atomic E-state index is 12.7. The zero-order valence-electron chi connectivity index (χ0n) is 16.8. The van der Waals surface area contributed by atoms with Gasteiger partial charge in [-0.05, 0) is 63.1 Å². The van der Waals surface area contributed by atoms with Gasteiger partial charge in [-0.15, -0.1) is 10.2 Å². The molecule has 6 heteroatoms. The molecule has 6 nitrogen and oxygen atoms in total.